The minimum absolute atomic E-state index is 0.679. The molecule has 0 bridgehead atoms. The highest BCUT2D eigenvalue weighted by Crippen LogP contribution is 2.35. The van der Waals surface area contributed by atoms with E-state index in [0.717, 1.165) is 34.3 Å². The molecule has 0 N–H and O–H groups in total. The van der Waals surface area contributed by atoms with Gasteiger partial charge in [0.2, 0.25) is 0 Å². The molecule has 1 aliphatic heterocycles. The lowest BCUT2D eigenvalue weighted by molar-refractivity contribution is 0.820. The molecule has 0 unspecified atom stereocenters. The second kappa shape index (κ2) is 3.75. The molecule has 0 radical (unpaired) electrons. The fourth-order valence-corrected chi connectivity index (χ4v) is 3.10. The molecule has 3 rings (SSSR count). The van der Waals surface area contributed by atoms with Crippen molar-refractivity contribution in [3.05, 3.63) is 34.5 Å². The average Bonchev–Trinajstić information content (AvgIpc) is 2.82. The Hall–Kier alpha value is -1.07. The Morgan fingerprint density at radius 1 is 1.38 bits per heavy atom. The lowest BCUT2D eigenvalue weighted by Gasteiger charge is -2.03. The van der Waals surface area contributed by atoms with Crippen molar-refractivity contribution < 1.29 is 0 Å². The van der Waals surface area contributed by atoms with Crippen molar-refractivity contribution in [2.45, 2.75) is 18.4 Å². The van der Waals surface area contributed by atoms with Crippen molar-refractivity contribution in [3.63, 3.8) is 0 Å². The van der Waals surface area contributed by atoms with Gasteiger partial charge in [-0.25, -0.2) is 14.6 Å². The van der Waals surface area contributed by atoms with Crippen LogP contribution < -0.4 is 0 Å². The zero-order chi connectivity index (χ0) is 11.1. The fourth-order valence-electron chi connectivity index (χ4n) is 1.69. The van der Waals surface area contributed by atoms with Crippen LogP contribution in [0.4, 0.5) is 0 Å². The van der Waals surface area contributed by atoms with E-state index in [1.54, 1.807) is 4.68 Å². The summed E-state index contributed by atoms with van der Waals surface area (Å²) >= 11 is 8.12. The average molecular weight is 253 g/mol. The van der Waals surface area contributed by atoms with Crippen molar-refractivity contribution in [1.82, 2.24) is 19.7 Å². The van der Waals surface area contributed by atoms with Gasteiger partial charge in [-0.3, -0.25) is 0 Å². The van der Waals surface area contributed by atoms with Gasteiger partial charge in [-0.1, -0.05) is 11.6 Å². The molecule has 2 aromatic heterocycles. The van der Waals surface area contributed by atoms with Gasteiger partial charge in [0, 0.05) is 28.8 Å². The summed E-state index contributed by atoms with van der Waals surface area (Å²) in [7, 11) is 0. The van der Waals surface area contributed by atoms with Crippen molar-refractivity contribution in [1.29, 1.82) is 0 Å². The van der Waals surface area contributed by atoms with Gasteiger partial charge in [-0.15, -0.1) is 0 Å². The quantitative estimate of drug-likeness (QED) is 0.782. The first-order valence-electron chi connectivity index (χ1n) is 4.89. The molecule has 0 spiro atoms. The number of aryl methyl sites for hydroxylation is 1. The van der Waals surface area contributed by atoms with Gasteiger partial charge in [0.15, 0.2) is 5.82 Å². The van der Waals surface area contributed by atoms with Crippen molar-refractivity contribution >= 4 is 23.4 Å². The summed E-state index contributed by atoms with van der Waals surface area (Å²) < 4.78 is 1.70. The number of aromatic nitrogens is 4. The number of hydrogen-bond donors (Lipinski definition) is 0. The van der Waals surface area contributed by atoms with E-state index in [4.69, 9.17) is 11.6 Å². The summed E-state index contributed by atoms with van der Waals surface area (Å²) in [6.07, 6.45) is 1.53. The van der Waals surface area contributed by atoms with E-state index in [1.165, 1.54) is 6.33 Å². The Morgan fingerprint density at radius 3 is 3.00 bits per heavy atom. The number of thioether (sulfide) groups is 1. The number of fused-ring (bicyclic) bond motifs is 1. The second-order valence-corrected chi connectivity index (χ2v) is 4.98. The highest BCUT2D eigenvalue weighted by molar-refractivity contribution is 7.98. The number of halogens is 1. The lowest BCUT2D eigenvalue weighted by Crippen LogP contribution is -2.01. The first-order chi connectivity index (χ1) is 7.75. The van der Waals surface area contributed by atoms with Crippen LogP contribution in [-0.4, -0.2) is 19.7 Å². The zero-order valence-electron chi connectivity index (χ0n) is 8.64. The monoisotopic (exact) mass is 252 g/mol. The normalized spacial score (nSPS) is 14.1. The Kier molecular flexibility index (Phi) is 2.37. The Bertz CT molecular complexity index is 552. The molecule has 2 aromatic rings. The number of rotatable bonds is 1. The number of hydrogen-bond acceptors (Lipinski definition) is 4. The molecule has 6 heteroatoms. The molecule has 0 saturated heterocycles. The van der Waals surface area contributed by atoms with Gasteiger partial charge >= 0.3 is 0 Å². The van der Waals surface area contributed by atoms with E-state index < -0.39 is 0 Å². The summed E-state index contributed by atoms with van der Waals surface area (Å²) in [5.41, 5.74) is 3.13. The van der Waals surface area contributed by atoms with Gasteiger partial charge in [0.05, 0.1) is 5.69 Å². The molecule has 4 nitrogen and oxygen atoms in total. The third-order valence-electron chi connectivity index (χ3n) is 2.50. The van der Waals surface area contributed by atoms with E-state index in [-0.39, 0.29) is 0 Å². The van der Waals surface area contributed by atoms with Crippen LogP contribution in [-0.2, 0) is 11.5 Å². The molecule has 82 valence electrons. The lowest BCUT2D eigenvalue weighted by atomic mass is 10.3. The zero-order valence-corrected chi connectivity index (χ0v) is 10.2. The third-order valence-corrected chi connectivity index (χ3v) is 3.85. The van der Waals surface area contributed by atoms with Crippen LogP contribution in [0.1, 0.15) is 17.0 Å². The van der Waals surface area contributed by atoms with Crippen LogP contribution in [0.2, 0.25) is 5.15 Å². The maximum absolute atomic E-state index is 6.28. The highest BCUT2D eigenvalue weighted by Gasteiger charge is 2.22. The van der Waals surface area contributed by atoms with Crippen LogP contribution in [0.15, 0.2) is 12.4 Å². The van der Waals surface area contributed by atoms with Crippen LogP contribution in [0.3, 0.4) is 0 Å². The molecular weight excluding hydrogens is 244 g/mol. The maximum atomic E-state index is 6.28. The Balaban J connectivity index is 2.14. The molecule has 1 aliphatic rings. The maximum Gasteiger partial charge on any atom is 0.158 e. The molecule has 0 fully saturated rings. The van der Waals surface area contributed by atoms with Gasteiger partial charge in [-0.05, 0) is 6.92 Å². The predicted octanol–water partition coefficient (Wildman–Crippen LogP) is 2.37. The van der Waals surface area contributed by atoms with Crippen molar-refractivity contribution in [2.75, 3.05) is 0 Å². The molecule has 0 atom stereocenters. The van der Waals surface area contributed by atoms with E-state index >= 15 is 0 Å². The molecule has 0 saturated carbocycles. The van der Waals surface area contributed by atoms with E-state index in [2.05, 4.69) is 15.1 Å². The van der Waals surface area contributed by atoms with E-state index in [1.807, 2.05) is 24.8 Å². The minimum Gasteiger partial charge on any atom is -0.242 e. The summed E-state index contributed by atoms with van der Waals surface area (Å²) in [5.74, 6) is 2.61. The summed E-state index contributed by atoms with van der Waals surface area (Å²) in [6.45, 7) is 1.92. The summed E-state index contributed by atoms with van der Waals surface area (Å²) in [4.78, 5) is 8.24. The first kappa shape index (κ1) is 10.1. The van der Waals surface area contributed by atoms with Gasteiger partial charge in [0.25, 0.3) is 0 Å². The van der Waals surface area contributed by atoms with Crippen LogP contribution >= 0.6 is 23.4 Å². The second-order valence-electron chi connectivity index (χ2n) is 3.64. The predicted molar refractivity (Wildman–Crippen MR) is 63.9 cm³/mol. The number of nitrogens with zero attached hydrogens (tertiary/aromatic N) is 4. The van der Waals surface area contributed by atoms with E-state index in [9.17, 15) is 0 Å². The van der Waals surface area contributed by atoms with Crippen molar-refractivity contribution in [3.8, 4) is 5.82 Å². The van der Waals surface area contributed by atoms with Crippen LogP contribution in [0.5, 0.6) is 0 Å². The molecule has 3 heterocycles. The van der Waals surface area contributed by atoms with E-state index in [0.29, 0.717) is 5.15 Å². The topological polar surface area (TPSA) is 43.6 Å². The van der Waals surface area contributed by atoms with Gasteiger partial charge in [0.1, 0.15) is 11.5 Å². The minimum atomic E-state index is 0.679. The van der Waals surface area contributed by atoms with Gasteiger partial charge < -0.3 is 0 Å². The first-order valence-corrected chi connectivity index (χ1v) is 6.42. The van der Waals surface area contributed by atoms with Crippen molar-refractivity contribution in [2.24, 2.45) is 0 Å². The Labute approximate surface area is 102 Å². The third kappa shape index (κ3) is 1.51. The fraction of sp³-hybridized carbons (Fsp3) is 0.300. The molecule has 16 heavy (non-hydrogen) atoms. The van der Waals surface area contributed by atoms with Crippen LogP contribution in [0, 0.1) is 6.92 Å². The SMILES string of the molecule is Cc1cc(-n2nc3c(c2Cl)CSC3)ncn1. The summed E-state index contributed by atoms with van der Waals surface area (Å²) in [5, 5.41) is 5.15. The largest absolute Gasteiger partial charge is 0.242 e. The molecule has 0 aromatic carbocycles. The molecule has 0 amide bonds. The molecular formula is C10H9ClN4S. The van der Waals surface area contributed by atoms with Gasteiger partial charge in [-0.2, -0.15) is 16.9 Å². The molecule has 0 aliphatic carbocycles. The smallest absolute Gasteiger partial charge is 0.158 e. The highest BCUT2D eigenvalue weighted by atomic mass is 35.5. The van der Waals surface area contributed by atoms with Crippen LogP contribution in [0.25, 0.3) is 5.82 Å². The Morgan fingerprint density at radius 2 is 2.25 bits per heavy atom. The summed E-state index contributed by atoms with van der Waals surface area (Å²) in [6, 6.07) is 1.88. The standard InChI is InChI=1S/C10H9ClN4S/c1-6-2-9(13-5-12-6)15-10(11)7-3-16-4-8(7)14-15/h2,5H,3-4H2,1H3.